The van der Waals surface area contributed by atoms with E-state index in [2.05, 4.69) is 0 Å². The molecule has 0 spiro atoms. The Kier molecular flexibility index (Phi) is 2.61. The zero-order valence-corrected chi connectivity index (χ0v) is 9.93. The number of benzene rings is 1. The summed E-state index contributed by atoms with van der Waals surface area (Å²) in [6.45, 7) is 4.08. The Morgan fingerprint density at radius 2 is 2.00 bits per heavy atom. The van der Waals surface area contributed by atoms with E-state index in [1.807, 2.05) is 38.1 Å². The van der Waals surface area contributed by atoms with Gasteiger partial charge in [0.1, 0.15) is 6.10 Å². The molecule has 0 aromatic heterocycles. The molecule has 80 valence electrons. The number of thioether (sulfide) groups is 1. The van der Waals surface area contributed by atoms with E-state index >= 15 is 0 Å². The van der Waals surface area contributed by atoms with Gasteiger partial charge in [-0.1, -0.05) is 18.2 Å². The van der Waals surface area contributed by atoms with E-state index in [4.69, 9.17) is 4.74 Å². The minimum atomic E-state index is -0.350. The molecule has 1 aromatic rings. The Bertz CT molecular complexity index is 398. The highest BCUT2D eigenvalue weighted by atomic mass is 32.2. The second-order valence-corrected chi connectivity index (χ2v) is 5.88. The number of ketones is 1. The van der Waals surface area contributed by atoms with Gasteiger partial charge in [-0.05, 0) is 19.9 Å². The number of rotatable bonds is 1. The number of ether oxygens (including phenoxy) is 1. The third-order valence-electron chi connectivity index (χ3n) is 2.63. The molecule has 0 radical (unpaired) electrons. The summed E-state index contributed by atoms with van der Waals surface area (Å²) in [5.41, 5.74) is 0.786. The fourth-order valence-electron chi connectivity index (χ4n) is 1.94. The average Bonchev–Trinajstić information content (AvgIpc) is 2.17. The lowest BCUT2D eigenvalue weighted by Gasteiger charge is -2.36. The zero-order valence-electron chi connectivity index (χ0n) is 9.11. The van der Waals surface area contributed by atoms with Gasteiger partial charge in [0.2, 0.25) is 0 Å². The third-order valence-corrected chi connectivity index (χ3v) is 3.95. The molecule has 2 nitrogen and oxygen atoms in total. The second-order valence-electron chi connectivity index (χ2n) is 4.18. The predicted molar refractivity (Wildman–Crippen MR) is 61.5 cm³/mol. The number of hydrogen-bond donors (Lipinski definition) is 0. The summed E-state index contributed by atoms with van der Waals surface area (Å²) in [4.78, 5) is 13.2. The molecule has 2 rings (SSSR count). The van der Waals surface area contributed by atoms with Crippen molar-refractivity contribution >= 4 is 17.5 Å². The van der Waals surface area contributed by atoms with Crippen molar-refractivity contribution in [2.45, 2.75) is 29.6 Å². The summed E-state index contributed by atoms with van der Waals surface area (Å²) in [6.07, 6.45) is -0.350. The SMILES string of the molecule is COC1C(=O)c2ccccc2SC1(C)C. The van der Waals surface area contributed by atoms with Crippen LogP contribution >= 0.6 is 11.8 Å². The Morgan fingerprint density at radius 3 is 2.67 bits per heavy atom. The van der Waals surface area contributed by atoms with Crippen LogP contribution in [0.3, 0.4) is 0 Å². The Balaban J connectivity index is 2.50. The van der Waals surface area contributed by atoms with E-state index < -0.39 is 0 Å². The van der Waals surface area contributed by atoms with E-state index in [-0.39, 0.29) is 16.6 Å². The third kappa shape index (κ3) is 1.70. The average molecular weight is 222 g/mol. The van der Waals surface area contributed by atoms with Gasteiger partial charge in [-0.3, -0.25) is 4.79 Å². The first-order valence-electron chi connectivity index (χ1n) is 4.91. The maximum atomic E-state index is 12.1. The number of carbonyl (C=O) groups is 1. The van der Waals surface area contributed by atoms with Crippen molar-refractivity contribution in [3.05, 3.63) is 29.8 Å². The highest BCUT2D eigenvalue weighted by Crippen LogP contribution is 2.43. The monoisotopic (exact) mass is 222 g/mol. The summed E-state index contributed by atoms with van der Waals surface area (Å²) in [5.74, 6) is 0.0943. The molecule has 3 heteroatoms. The van der Waals surface area contributed by atoms with Gasteiger partial charge in [-0.2, -0.15) is 0 Å². The standard InChI is InChI=1S/C12H14O2S/c1-12(2)11(14-3)10(13)8-6-4-5-7-9(8)15-12/h4-7,11H,1-3H3. The van der Waals surface area contributed by atoms with Crippen molar-refractivity contribution < 1.29 is 9.53 Å². The van der Waals surface area contributed by atoms with Crippen LogP contribution in [0.1, 0.15) is 24.2 Å². The van der Waals surface area contributed by atoms with Crippen molar-refractivity contribution in [2.75, 3.05) is 7.11 Å². The molecular formula is C12H14O2S. The minimum Gasteiger partial charge on any atom is -0.372 e. The lowest BCUT2D eigenvalue weighted by Crippen LogP contribution is -2.44. The molecule has 0 aliphatic carbocycles. The van der Waals surface area contributed by atoms with Crippen molar-refractivity contribution in [1.82, 2.24) is 0 Å². The topological polar surface area (TPSA) is 26.3 Å². The smallest absolute Gasteiger partial charge is 0.194 e. The normalized spacial score (nSPS) is 23.7. The predicted octanol–water partition coefficient (Wildman–Crippen LogP) is 2.77. The van der Waals surface area contributed by atoms with Crippen LogP contribution in [0.4, 0.5) is 0 Å². The maximum absolute atomic E-state index is 12.1. The first kappa shape index (κ1) is 10.7. The van der Waals surface area contributed by atoms with E-state index in [0.717, 1.165) is 10.5 Å². The molecular weight excluding hydrogens is 208 g/mol. The molecule has 0 bridgehead atoms. The van der Waals surface area contributed by atoms with E-state index in [1.165, 1.54) is 0 Å². The summed E-state index contributed by atoms with van der Waals surface area (Å²) in [7, 11) is 1.60. The molecule has 0 saturated heterocycles. The lowest BCUT2D eigenvalue weighted by molar-refractivity contribution is 0.0503. The molecule has 1 unspecified atom stereocenters. The Labute approximate surface area is 94.0 Å². The van der Waals surface area contributed by atoms with Crippen LogP contribution in [-0.4, -0.2) is 23.7 Å². The van der Waals surface area contributed by atoms with Crippen molar-refractivity contribution in [2.24, 2.45) is 0 Å². The van der Waals surface area contributed by atoms with E-state index in [1.54, 1.807) is 18.9 Å². The Morgan fingerprint density at radius 1 is 1.33 bits per heavy atom. The zero-order chi connectivity index (χ0) is 11.1. The molecule has 1 heterocycles. The fourth-order valence-corrected chi connectivity index (χ4v) is 3.25. The van der Waals surface area contributed by atoms with Crippen molar-refractivity contribution in [1.29, 1.82) is 0 Å². The van der Waals surface area contributed by atoms with Crippen LogP contribution in [-0.2, 0) is 4.74 Å². The van der Waals surface area contributed by atoms with Gasteiger partial charge in [0.25, 0.3) is 0 Å². The summed E-state index contributed by atoms with van der Waals surface area (Å²) < 4.78 is 5.11. The highest BCUT2D eigenvalue weighted by Gasteiger charge is 2.42. The summed E-state index contributed by atoms with van der Waals surface area (Å²) >= 11 is 1.70. The van der Waals surface area contributed by atoms with Gasteiger partial charge < -0.3 is 4.74 Å². The summed E-state index contributed by atoms with van der Waals surface area (Å²) in [6, 6.07) is 7.71. The molecule has 1 aliphatic heterocycles. The van der Waals surface area contributed by atoms with Crippen LogP contribution in [0.5, 0.6) is 0 Å². The number of fused-ring (bicyclic) bond motifs is 1. The number of Topliss-reactive ketones (excluding diaryl/α,β-unsaturated/α-hetero) is 1. The molecule has 1 aliphatic rings. The molecule has 1 aromatic carbocycles. The number of hydrogen-bond acceptors (Lipinski definition) is 3. The van der Waals surface area contributed by atoms with Crippen molar-refractivity contribution in [3.63, 3.8) is 0 Å². The van der Waals surface area contributed by atoms with Gasteiger partial charge in [0.15, 0.2) is 5.78 Å². The van der Waals surface area contributed by atoms with Crippen LogP contribution in [0, 0.1) is 0 Å². The minimum absolute atomic E-state index is 0.0943. The molecule has 0 saturated carbocycles. The molecule has 1 atom stereocenters. The van der Waals surface area contributed by atoms with Gasteiger partial charge in [-0.25, -0.2) is 0 Å². The first-order valence-corrected chi connectivity index (χ1v) is 5.73. The molecule has 0 fully saturated rings. The van der Waals surface area contributed by atoms with E-state index in [9.17, 15) is 4.79 Å². The fraction of sp³-hybridized carbons (Fsp3) is 0.417. The maximum Gasteiger partial charge on any atom is 0.194 e. The van der Waals surface area contributed by atoms with Crippen LogP contribution in [0.2, 0.25) is 0 Å². The summed E-state index contributed by atoms with van der Waals surface area (Å²) in [5, 5.41) is 0. The van der Waals surface area contributed by atoms with Gasteiger partial charge in [0, 0.05) is 22.3 Å². The first-order chi connectivity index (χ1) is 7.06. The highest BCUT2D eigenvalue weighted by molar-refractivity contribution is 8.01. The van der Waals surface area contributed by atoms with Crippen LogP contribution in [0.25, 0.3) is 0 Å². The second kappa shape index (κ2) is 3.65. The quantitative estimate of drug-likeness (QED) is 0.731. The Hall–Kier alpha value is -0.800. The van der Waals surface area contributed by atoms with Gasteiger partial charge in [-0.15, -0.1) is 11.8 Å². The van der Waals surface area contributed by atoms with Crippen molar-refractivity contribution in [3.8, 4) is 0 Å². The van der Waals surface area contributed by atoms with E-state index in [0.29, 0.717) is 0 Å². The molecule has 0 amide bonds. The molecule has 15 heavy (non-hydrogen) atoms. The largest absolute Gasteiger partial charge is 0.372 e. The van der Waals surface area contributed by atoms with Crippen LogP contribution in [0.15, 0.2) is 29.2 Å². The lowest BCUT2D eigenvalue weighted by atomic mass is 9.96. The number of carbonyl (C=O) groups excluding carboxylic acids is 1. The van der Waals surface area contributed by atoms with Gasteiger partial charge >= 0.3 is 0 Å². The molecule has 0 N–H and O–H groups in total. The van der Waals surface area contributed by atoms with Crippen LogP contribution < -0.4 is 0 Å². The van der Waals surface area contributed by atoms with Gasteiger partial charge in [0.05, 0.1) is 0 Å². The number of methoxy groups -OCH3 is 1.